The molecule has 1 aromatic carbocycles. The fourth-order valence-corrected chi connectivity index (χ4v) is 1.48. The van der Waals surface area contributed by atoms with Crippen molar-refractivity contribution in [1.82, 2.24) is 4.90 Å². The lowest BCUT2D eigenvalue weighted by Gasteiger charge is -2.16. The number of hydrogen-bond acceptors (Lipinski definition) is 5. The number of benzene rings is 1. The largest absolute Gasteiger partial charge is 0.465 e. The van der Waals surface area contributed by atoms with E-state index in [1.165, 1.54) is 13.2 Å². The van der Waals surface area contributed by atoms with Gasteiger partial charge in [-0.15, -0.1) is 0 Å². The summed E-state index contributed by atoms with van der Waals surface area (Å²) >= 11 is 0. The number of ether oxygens (including phenoxy) is 1. The smallest absolute Gasteiger partial charge is 0.340 e. The van der Waals surface area contributed by atoms with Crippen LogP contribution in [-0.2, 0) is 9.53 Å². The van der Waals surface area contributed by atoms with E-state index < -0.39 is 5.97 Å². The lowest BCUT2D eigenvalue weighted by molar-refractivity contribution is -0.127. The van der Waals surface area contributed by atoms with E-state index in [2.05, 4.69) is 10.1 Å². The highest BCUT2D eigenvalue weighted by atomic mass is 16.5. The highest BCUT2D eigenvalue weighted by Gasteiger charge is 2.13. The van der Waals surface area contributed by atoms with Crippen LogP contribution in [0.25, 0.3) is 0 Å². The highest BCUT2D eigenvalue weighted by Crippen LogP contribution is 2.19. The first-order chi connectivity index (χ1) is 8.99. The molecule has 0 aliphatic carbocycles. The number of hydrogen-bond donors (Lipinski definition) is 2. The van der Waals surface area contributed by atoms with Gasteiger partial charge in [0.15, 0.2) is 0 Å². The quantitative estimate of drug-likeness (QED) is 0.611. The molecule has 0 bridgehead atoms. The number of carbonyl (C=O) groups excluding carboxylic acids is 2. The third-order valence-electron chi connectivity index (χ3n) is 2.78. The van der Waals surface area contributed by atoms with E-state index in [0.29, 0.717) is 23.5 Å². The van der Waals surface area contributed by atoms with Gasteiger partial charge in [-0.2, -0.15) is 0 Å². The standard InChI is InChI=1S/C13H19N3O3/c1-4-16(2)12(17)8-15-11-6-5-9(14)7-10(11)13(18)19-3/h5-7,15H,4,8,14H2,1-3H3. The molecule has 0 spiro atoms. The third kappa shape index (κ3) is 3.87. The van der Waals surface area contributed by atoms with E-state index >= 15 is 0 Å². The Hall–Kier alpha value is -2.24. The van der Waals surface area contributed by atoms with Gasteiger partial charge in [-0.3, -0.25) is 4.79 Å². The van der Waals surface area contributed by atoms with Gasteiger partial charge in [0, 0.05) is 25.0 Å². The summed E-state index contributed by atoms with van der Waals surface area (Å²) in [5, 5.41) is 2.92. The molecule has 0 saturated carbocycles. The number of nitrogen functional groups attached to an aromatic ring is 1. The maximum absolute atomic E-state index is 11.7. The van der Waals surface area contributed by atoms with Gasteiger partial charge < -0.3 is 20.7 Å². The maximum Gasteiger partial charge on any atom is 0.340 e. The van der Waals surface area contributed by atoms with E-state index in [1.807, 2.05) is 6.92 Å². The van der Waals surface area contributed by atoms with Gasteiger partial charge in [-0.1, -0.05) is 0 Å². The summed E-state index contributed by atoms with van der Waals surface area (Å²) < 4.78 is 4.68. The fourth-order valence-electron chi connectivity index (χ4n) is 1.48. The molecule has 0 fully saturated rings. The van der Waals surface area contributed by atoms with Crippen LogP contribution in [0.3, 0.4) is 0 Å². The summed E-state index contributed by atoms with van der Waals surface area (Å²) in [5.74, 6) is -0.554. The predicted molar refractivity (Wildman–Crippen MR) is 74.0 cm³/mol. The minimum absolute atomic E-state index is 0.0601. The summed E-state index contributed by atoms with van der Waals surface area (Å²) in [5.41, 5.74) is 6.94. The molecule has 3 N–H and O–H groups in total. The maximum atomic E-state index is 11.7. The second kappa shape index (κ2) is 6.63. The molecule has 19 heavy (non-hydrogen) atoms. The molecule has 1 rings (SSSR count). The first kappa shape index (κ1) is 14.8. The topological polar surface area (TPSA) is 84.7 Å². The van der Waals surface area contributed by atoms with Gasteiger partial charge in [0.05, 0.1) is 19.2 Å². The van der Waals surface area contributed by atoms with Crippen LogP contribution in [0.15, 0.2) is 18.2 Å². The van der Waals surface area contributed by atoms with E-state index in [-0.39, 0.29) is 12.5 Å². The predicted octanol–water partition coefficient (Wildman–Crippen LogP) is 0.946. The zero-order valence-electron chi connectivity index (χ0n) is 11.4. The number of carbonyl (C=O) groups is 2. The van der Waals surface area contributed by atoms with Crippen molar-refractivity contribution in [1.29, 1.82) is 0 Å². The molecule has 0 saturated heterocycles. The Morgan fingerprint density at radius 2 is 2.11 bits per heavy atom. The molecule has 1 aromatic rings. The monoisotopic (exact) mass is 265 g/mol. The van der Waals surface area contributed by atoms with Crippen molar-refractivity contribution in [2.24, 2.45) is 0 Å². The number of amides is 1. The molecule has 0 radical (unpaired) electrons. The first-order valence-corrected chi connectivity index (χ1v) is 5.95. The number of anilines is 2. The number of esters is 1. The summed E-state index contributed by atoms with van der Waals surface area (Å²) in [6.07, 6.45) is 0. The lowest BCUT2D eigenvalue weighted by atomic mass is 10.1. The van der Waals surface area contributed by atoms with Crippen LogP contribution >= 0.6 is 0 Å². The Balaban J connectivity index is 2.83. The molecule has 6 heteroatoms. The van der Waals surface area contributed by atoms with Crippen molar-refractivity contribution >= 4 is 23.3 Å². The fraction of sp³-hybridized carbons (Fsp3) is 0.385. The molecule has 0 heterocycles. The van der Waals surface area contributed by atoms with Crippen LogP contribution in [0, 0.1) is 0 Å². The second-order valence-corrected chi connectivity index (χ2v) is 4.06. The van der Waals surface area contributed by atoms with E-state index in [9.17, 15) is 9.59 Å². The second-order valence-electron chi connectivity index (χ2n) is 4.06. The molecule has 104 valence electrons. The zero-order chi connectivity index (χ0) is 14.4. The number of rotatable bonds is 5. The number of nitrogens with one attached hydrogen (secondary N) is 1. The Labute approximate surface area is 112 Å². The molecule has 0 atom stereocenters. The molecular weight excluding hydrogens is 246 g/mol. The minimum atomic E-state index is -0.494. The van der Waals surface area contributed by atoms with Gasteiger partial charge in [0.2, 0.25) is 5.91 Å². The zero-order valence-corrected chi connectivity index (χ0v) is 11.4. The normalized spacial score (nSPS) is 9.84. The molecule has 6 nitrogen and oxygen atoms in total. The highest BCUT2D eigenvalue weighted by molar-refractivity contribution is 5.97. The van der Waals surface area contributed by atoms with Gasteiger partial charge in [-0.05, 0) is 25.1 Å². The lowest BCUT2D eigenvalue weighted by Crippen LogP contribution is -2.32. The Morgan fingerprint density at radius 1 is 1.42 bits per heavy atom. The van der Waals surface area contributed by atoms with Crippen molar-refractivity contribution < 1.29 is 14.3 Å². The average molecular weight is 265 g/mol. The van der Waals surface area contributed by atoms with Crippen molar-refractivity contribution in [3.8, 4) is 0 Å². The third-order valence-corrected chi connectivity index (χ3v) is 2.78. The SMILES string of the molecule is CCN(C)C(=O)CNc1ccc(N)cc1C(=O)OC. The Morgan fingerprint density at radius 3 is 2.68 bits per heavy atom. The summed E-state index contributed by atoms with van der Waals surface area (Å²) in [7, 11) is 3.01. The van der Waals surface area contributed by atoms with Crippen molar-refractivity contribution in [2.75, 3.05) is 38.3 Å². The number of methoxy groups -OCH3 is 1. The number of nitrogens with two attached hydrogens (primary N) is 1. The number of likely N-dealkylation sites (N-methyl/N-ethyl adjacent to an activating group) is 1. The van der Waals surface area contributed by atoms with Crippen LogP contribution in [0.5, 0.6) is 0 Å². The first-order valence-electron chi connectivity index (χ1n) is 5.95. The summed E-state index contributed by atoms with van der Waals surface area (Å²) in [6.45, 7) is 2.63. The van der Waals surface area contributed by atoms with Gasteiger partial charge in [0.25, 0.3) is 0 Å². The van der Waals surface area contributed by atoms with Gasteiger partial charge in [0.1, 0.15) is 0 Å². The van der Waals surface area contributed by atoms with Gasteiger partial charge >= 0.3 is 5.97 Å². The Bertz CT molecular complexity index is 474. The molecule has 0 aromatic heterocycles. The average Bonchev–Trinajstić information content (AvgIpc) is 2.43. The molecular formula is C13H19N3O3. The van der Waals surface area contributed by atoms with Crippen LogP contribution in [-0.4, -0.2) is 44.0 Å². The van der Waals surface area contributed by atoms with Crippen LogP contribution < -0.4 is 11.1 Å². The van der Waals surface area contributed by atoms with E-state index in [1.54, 1.807) is 24.1 Å². The Kier molecular flexibility index (Phi) is 5.17. The molecule has 0 aliphatic rings. The van der Waals surface area contributed by atoms with Crippen molar-refractivity contribution in [3.63, 3.8) is 0 Å². The van der Waals surface area contributed by atoms with Crippen LogP contribution in [0.4, 0.5) is 11.4 Å². The van der Waals surface area contributed by atoms with E-state index in [4.69, 9.17) is 5.73 Å². The van der Waals surface area contributed by atoms with Crippen molar-refractivity contribution in [2.45, 2.75) is 6.92 Å². The van der Waals surface area contributed by atoms with Gasteiger partial charge in [-0.25, -0.2) is 4.79 Å². The van der Waals surface area contributed by atoms with Crippen molar-refractivity contribution in [3.05, 3.63) is 23.8 Å². The number of nitrogens with zero attached hydrogens (tertiary/aromatic N) is 1. The molecule has 1 amide bonds. The van der Waals surface area contributed by atoms with E-state index in [0.717, 1.165) is 0 Å². The van der Waals surface area contributed by atoms with Crippen LogP contribution in [0.1, 0.15) is 17.3 Å². The van der Waals surface area contributed by atoms with Crippen LogP contribution in [0.2, 0.25) is 0 Å². The molecule has 0 unspecified atom stereocenters. The minimum Gasteiger partial charge on any atom is -0.465 e. The summed E-state index contributed by atoms with van der Waals surface area (Å²) in [4.78, 5) is 24.9. The summed E-state index contributed by atoms with van der Waals surface area (Å²) in [6, 6.07) is 4.83. The molecule has 0 aliphatic heterocycles.